The van der Waals surface area contributed by atoms with Crippen LogP contribution in [0.4, 0.5) is 0 Å². The van der Waals surface area contributed by atoms with E-state index in [0.29, 0.717) is 10.6 Å². The molecule has 0 aromatic carbocycles. The first kappa shape index (κ1) is 10.1. The second-order valence-corrected chi connectivity index (χ2v) is 4.13. The van der Waals surface area contributed by atoms with Crippen molar-refractivity contribution in [2.45, 2.75) is 0 Å². The van der Waals surface area contributed by atoms with Gasteiger partial charge in [0.05, 0.1) is 9.90 Å². The fourth-order valence-corrected chi connectivity index (χ4v) is 2.43. The van der Waals surface area contributed by atoms with Crippen molar-refractivity contribution in [3.63, 3.8) is 0 Å². The molecule has 76 valence electrons. The molecule has 0 radical (unpaired) electrons. The highest BCUT2D eigenvalue weighted by Gasteiger charge is 2.15. The minimum Gasteiger partial charge on any atom is -0.476 e. The number of aromatic nitrogens is 1. The molecule has 0 fully saturated rings. The van der Waals surface area contributed by atoms with Gasteiger partial charge in [-0.25, -0.2) is 9.78 Å². The number of thiophene rings is 1. The van der Waals surface area contributed by atoms with Crippen LogP contribution < -0.4 is 0 Å². The van der Waals surface area contributed by atoms with Gasteiger partial charge in [0, 0.05) is 11.8 Å². The summed E-state index contributed by atoms with van der Waals surface area (Å²) in [5, 5.41) is 11.3. The number of carboxylic acids is 1. The summed E-state index contributed by atoms with van der Waals surface area (Å²) < 4.78 is 0. The maximum Gasteiger partial charge on any atom is 0.355 e. The average molecular weight is 240 g/mol. The number of hydrogen-bond acceptors (Lipinski definition) is 3. The molecule has 2 aromatic heterocycles. The lowest BCUT2D eigenvalue weighted by atomic mass is 10.1. The first-order valence-electron chi connectivity index (χ1n) is 4.12. The summed E-state index contributed by atoms with van der Waals surface area (Å²) in [6, 6.07) is 5.13. The average Bonchev–Trinajstić information content (AvgIpc) is 2.64. The van der Waals surface area contributed by atoms with E-state index in [2.05, 4.69) is 4.98 Å². The van der Waals surface area contributed by atoms with Gasteiger partial charge in [-0.2, -0.15) is 0 Å². The van der Waals surface area contributed by atoms with Crippen molar-refractivity contribution in [2.75, 3.05) is 0 Å². The van der Waals surface area contributed by atoms with Crippen molar-refractivity contribution < 1.29 is 9.90 Å². The van der Waals surface area contributed by atoms with E-state index in [1.54, 1.807) is 18.2 Å². The zero-order chi connectivity index (χ0) is 10.8. The molecule has 0 spiro atoms. The fraction of sp³-hybridized carbons (Fsp3) is 0. The third-order valence-electron chi connectivity index (χ3n) is 1.87. The number of hydrogen-bond donors (Lipinski definition) is 1. The van der Waals surface area contributed by atoms with Gasteiger partial charge < -0.3 is 5.11 Å². The minimum absolute atomic E-state index is 0.0295. The smallest absolute Gasteiger partial charge is 0.355 e. The molecule has 15 heavy (non-hydrogen) atoms. The van der Waals surface area contributed by atoms with Gasteiger partial charge in [0.2, 0.25) is 0 Å². The SMILES string of the molecule is O=C(O)c1ncccc1-c1sccc1Cl. The molecule has 0 aliphatic heterocycles. The van der Waals surface area contributed by atoms with Gasteiger partial charge >= 0.3 is 5.97 Å². The molecule has 0 bridgehead atoms. The molecule has 0 aliphatic rings. The Kier molecular flexibility index (Phi) is 2.70. The van der Waals surface area contributed by atoms with E-state index in [4.69, 9.17) is 16.7 Å². The molecule has 1 N–H and O–H groups in total. The Balaban J connectivity index is 2.63. The Morgan fingerprint density at radius 2 is 2.27 bits per heavy atom. The monoisotopic (exact) mass is 239 g/mol. The maximum absolute atomic E-state index is 10.9. The minimum atomic E-state index is -1.05. The van der Waals surface area contributed by atoms with Crippen LogP contribution in [0.1, 0.15) is 10.5 Å². The number of pyridine rings is 1. The third kappa shape index (κ3) is 1.86. The van der Waals surface area contributed by atoms with Gasteiger partial charge in [-0.05, 0) is 23.6 Å². The topological polar surface area (TPSA) is 50.2 Å². The van der Waals surface area contributed by atoms with E-state index in [1.807, 2.05) is 5.38 Å². The standard InChI is InChI=1S/C10H6ClNO2S/c11-7-3-5-15-9(7)6-2-1-4-12-8(6)10(13)14/h1-5H,(H,13,14). The molecule has 2 rings (SSSR count). The van der Waals surface area contributed by atoms with Crippen LogP contribution in [0.25, 0.3) is 10.4 Å². The zero-order valence-electron chi connectivity index (χ0n) is 7.48. The quantitative estimate of drug-likeness (QED) is 0.876. The molecular weight excluding hydrogens is 234 g/mol. The summed E-state index contributed by atoms with van der Waals surface area (Å²) in [6.45, 7) is 0. The Hall–Kier alpha value is -1.39. The predicted molar refractivity (Wildman–Crippen MR) is 59.5 cm³/mol. The van der Waals surface area contributed by atoms with Gasteiger partial charge in [0.1, 0.15) is 0 Å². The van der Waals surface area contributed by atoms with Crippen LogP contribution in [0.3, 0.4) is 0 Å². The van der Waals surface area contributed by atoms with Crippen molar-refractivity contribution in [1.82, 2.24) is 4.98 Å². The molecule has 0 saturated carbocycles. The van der Waals surface area contributed by atoms with Crippen molar-refractivity contribution in [2.24, 2.45) is 0 Å². The van der Waals surface area contributed by atoms with Crippen LogP contribution in [-0.2, 0) is 0 Å². The Bertz CT molecular complexity index is 510. The predicted octanol–water partition coefficient (Wildman–Crippen LogP) is 3.16. The number of aromatic carboxylic acids is 1. The van der Waals surface area contributed by atoms with Gasteiger partial charge in [0.25, 0.3) is 0 Å². The number of nitrogens with zero attached hydrogens (tertiary/aromatic N) is 1. The third-order valence-corrected chi connectivity index (χ3v) is 3.25. The van der Waals surface area contributed by atoms with Crippen molar-refractivity contribution >= 4 is 28.9 Å². The van der Waals surface area contributed by atoms with Gasteiger partial charge in [0.15, 0.2) is 5.69 Å². The maximum atomic E-state index is 10.9. The van der Waals surface area contributed by atoms with Crippen LogP contribution in [0, 0.1) is 0 Å². The van der Waals surface area contributed by atoms with E-state index in [1.165, 1.54) is 17.5 Å². The first-order chi connectivity index (χ1) is 7.20. The molecule has 0 amide bonds. The molecule has 2 heterocycles. The van der Waals surface area contributed by atoms with Crippen molar-refractivity contribution in [3.8, 4) is 10.4 Å². The number of carbonyl (C=O) groups is 1. The van der Waals surface area contributed by atoms with Gasteiger partial charge in [-0.15, -0.1) is 11.3 Å². The lowest BCUT2D eigenvalue weighted by Crippen LogP contribution is -2.01. The highest BCUT2D eigenvalue weighted by molar-refractivity contribution is 7.14. The van der Waals surface area contributed by atoms with E-state index >= 15 is 0 Å². The Morgan fingerprint density at radius 1 is 1.47 bits per heavy atom. The van der Waals surface area contributed by atoms with Crippen LogP contribution in [0.15, 0.2) is 29.8 Å². The summed E-state index contributed by atoms with van der Waals surface area (Å²) in [5.74, 6) is -1.05. The summed E-state index contributed by atoms with van der Waals surface area (Å²) in [4.78, 5) is 15.5. The lowest BCUT2D eigenvalue weighted by Gasteiger charge is -2.02. The highest BCUT2D eigenvalue weighted by atomic mass is 35.5. The molecule has 5 heteroatoms. The molecule has 2 aromatic rings. The molecule has 3 nitrogen and oxygen atoms in total. The van der Waals surface area contributed by atoms with Gasteiger partial charge in [-0.1, -0.05) is 11.6 Å². The summed E-state index contributed by atoms with van der Waals surface area (Å²) in [5.41, 5.74) is 0.590. The second kappa shape index (κ2) is 4.00. The highest BCUT2D eigenvalue weighted by Crippen LogP contribution is 2.34. The van der Waals surface area contributed by atoms with E-state index in [0.717, 1.165) is 4.88 Å². The van der Waals surface area contributed by atoms with Crippen LogP contribution >= 0.6 is 22.9 Å². The zero-order valence-corrected chi connectivity index (χ0v) is 9.05. The molecule has 0 atom stereocenters. The Labute approximate surface area is 95.0 Å². The number of halogens is 1. The van der Waals surface area contributed by atoms with Crippen LogP contribution in [-0.4, -0.2) is 16.1 Å². The lowest BCUT2D eigenvalue weighted by molar-refractivity contribution is 0.0691. The van der Waals surface area contributed by atoms with Crippen molar-refractivity contribution in [3.05, 3.63) is 40.5 Å². The molecule has 0 unspecified atom stereocenters. The van der Waals surface area contributed by atoms with Gasteiger partial charge in [-0.3, -0.25) is 0 Å². The molecular formula is C10H6ClNO2S. The molecule has 0 aliphatic carbocycles. The van der Waals surface area contributed by atoms with E-state index < -0.39 is 5.97 Å². The van der Waals surface area contributed by atoms with Crippen molar-refractivity contribution in [1.29, 1.82) is 0 Å². The van der Waals surface area contributed by atoms with E-state index in [-0.39, 0.29) is 5.69 Å². The largest absolute Gasteiger partial charge is 0.476 e. The number of rotatable bonds is 2. The summed E-state index contributed by atoms with van der Waals surface area (Å²) in [7, 11) is 0. The number of carboxylic acid groups (broad SMARTS) is 1. The molecule has 0 saturated heterocycles. The second-order valence-electron chi connectivity index (χ2n) is 2.80. The van der Waals surface area contributed by atoms with E-state index in [9.17, 15) is 4.79 Å². The normalized spacial score (nSPS) is 10.2. The van der Waals surface area contributed by atoms with Crippen LogP contribution in [0.5, 0.6) is 0 Å². The van der Waals surface area contributed by atoms with Crippen LogP contribution in [0.2, 0.25) is 5.02 Å². The summed E-state index contributed by atoms with van der Waals surface area (Å²) >= 11 is 7.34. The fourth-order valence-electron chi connectivity index (χ4n) is 1.24. The first-order valence-corrected chi connectivity index (χ1v) is 5.37. The Morgan fingerprint density at radius 3 is 2.87 bits per heavy atom. The summed E-state index contributed by atoms with van der Waals surface area (Å²) in [6.07, 6.45) is 1.45.